The van der Waals surface area contributed by atoms with Crippen LogP contribution in [0.25, 0.3) is 0 Å². The summed E-state index contributed by atoms with van der Waals surface area (Å²) in [5.41, 5.74) is 5.37. The van der Waals surface area contributed by atoms with Crippen LogP contribution in [0.1, 0.15) is 60.0 Å². The predicted molar refractivity (Wildman–Crippen MR) is 112 cm³/mol. The van der Waals surface area contributed by atoms with Crippen LogP contribution in [0, 0.1) is 5.92 Å². The summed E-state index contributed by atoms with van der Waals surface area (Å²) in [6.45, 7) is 0.364. The van der Waals surface area contributed by atoms with Crippen molar-refractivity contribution in [3.63, 3.8) is 0 Å². The zero-order chi connectivity index (χ0) is 20.5. The smallest absolute Gasteiger partial charge is 0.243 e. The largest absolute Gasteiger partial charge is 0.496 e. The van der Waals surface area contributed by atoms with Gasteiger partial charge < -0.3 is 4.74 Å². The maximum absolute atomic E-state index is 12.8. The number of amides is 1. The van der Waals surface area contributed by atoms with Crippen molar-refractivity contribution in [2.75, 3.05) is 7.11 Å². The molecule has 3 rings (SSSR count). The lowest BCUT2D eigenvalue weighted by Gasteiger charge is -2.24. The number of carbonyl (C=O) groups excluding carboxylic acids is 2. The zero-order valence-electron chi connectivity index (χ0n) is 17.0. The van der Waals surface area contributed by atoms with E-state index in [1.54, 1.807) is 7.11 Å². The lowest BCUT2D eigenvalue weighted by molar-refractivity contribution is -0.134. The second kappa shape index (κ2) is 10.8. The topological polar surface area (TPSA) is 64.6 Å². The number of unbranched alkanes of at least 4 members (excludes halogenated alkanes) is 2. The molecule has 0 radical (unpaired) electrons. The van der Waals surface area contributed by atoms with Gasteiger partial charge in [-0.25, -0.2) is 5.48 Å². The van der Waals surface area contributed by atoms with Crippen LogP contribution in [-0.2, 0) is 22.7 Å². The number of hydroxylamine groups is 1. The Morgan fingerprint density at radius 2 is 1.90 bits per heavy atom. The molecule has 2 aromatic carbocycles. The Balaban J connectivity index is 1.31. The summed E-state index contributed by atoms with van der Waals surface area (Å²) in [5, 5.41) is 0. The standard InChI is InChI=1S/C24H29NO4/c1-28-22-13-8-12-21-20(22)16-15-19(24(21)27)11-6-3-7-14-23(26)25-29-17-18-9-4-2-5-10-18/h2,4-5,8-10,12-13,19H,3,6-7,11,14-17H2,1H3,(H,25,26). The first-order valence-electron chi connectivity index (χ1n) is 10.3. The van der Waals surface area contributed by atoms with Gasteiger partial charge in [0.25, 0.3) is 0 Å². The third-order valence-electron chi connectivity index (χ3n) is 5.46. The normalized spacial score (nSPS) is 15.6. The molecule has 5 heteroatoms. The van der Waals surface area contributed by atoms with Crippen LogP contribution in [0.4, 0.5) is 0 Å². The second-order valence-corrected chi connectivity index (χ2v) is 7.49. The number of Topliss-reactive ketones (excluding diaryl/α,β-unsaturated/α-hetero) is 1. The predicted octanol–water partition coefficient (Wildman–Crippen LogP) is 4.64. The fourth-order valence-corrected chi connectivity index (χ4v) is 3.87. The molecule has 0 spiro atoms. The number of benzene rings is 2. The van der Waals surface area contributed by atoms with E-state index in [1.165, 1.54) is 0 Å². The molecular weight excluding hydrogens is 366 g/mol. The van der Waals surface area contributed by atoms with Crippen molar-refractivity contribution in [1.82, 2.24) is 5.48 Å². The summed E-state index contributed by atoms with van der Waals surface area (Å²) in [6.07, 6.45) is 5.76. The first kappa shape index (κ1) is 21.1. The summed E-state index contributed by atoms with van der Waals surface area (Å²) in [7, 11) is 1.65. The molecule has 29 heavy (non-hydrogen) atoms. The average molecular weight is 395 g/mol. The number of hydrogen-bond acceptors (Lipinski definition) is 4. The van der Waals surface area contributed by atoms with Crippen LogP contribution in [0.15, 0.2) is 48.5 Å². The number of fused-ring (bicyclic) bond motifs is 1. The van der Waals surface area contributed by atoms with Crippen molar-refractivity contribution in [1.29, 1.82) is 0 Å². The number of carbonyl (C=O) groups is 2. The highest BCUT2D eigenvalue weighted by Gasteiger charge is 2.28. The number of hydrogen-bond donors (Lipinski definition) is 1. The maximum atomic E-state index is 12.8. The van der Waals surface area contributed by atoms with Crippen molar-refractivity contribution in [2.45, 2.75) is 51.6 Å². The molecule has 0 saturated carbocycles. The summed E-state index contributed by atoms with van der Waals surface area (Å²) in [6, 6.07) is 15.4. The monoisotopic (exact) mass is 395 g/mol. The van der Waals surface area contributed by atoms with Gasteiger partial charge in [0.1, 0.15) is 5.75 Å². The van der Waals surface area contributed by atoms with Crippen molar-refractivity contribution in [3.05, 3.63) is 65.2 Å². The molecule has 5 nitrogen and oxygen atoms in total. The quantitative estimate of drug-likeness (QED) is 0.470. The fraction of sp³-hybridized carbons (Fsp3) is 0.417. The summed E-state index contributed by atoms with van der Waals surface area (Å²) in [4.78, 5) is 29.8. The Kier molecular flexibility index (Phi) is 7.82. The molecule has 0 fully saturated rings. The maximum Gasteiger partial charge on any atom is 0.243 e. The van der Waals surface area contributed by atoms with Gasteiger partial charge in [0, 0.05) is 23.5 Å². The Morgan fingerprint density at radius 1 is 1.07 bits per heavy atom. The van der Waals surface area contributed by atoms with Gasteiger partial charge in [0.2, 0.25) is 5.91 Å². The molecule has 0 aliphatic heterocycles. The first-order valence-corrected chi connectivity index (χ1v) is 10.3. The molecule has 1 aliphatic carbocycles. The number of rotatable bonds is 10. The van der Waals surface area contributed by atoms with Crippen molar-refractivity contribution in [3.8, 4) is 5.75 Å². The second-order valence-electron chi connectivity index (χ2n) is 7.49. The minimum absolute atomic E-state index is 0.0811. The lowest BCUT2D eigenvalue weighted by atomic mass is 9.80. The van der Waals surface area contributed by atoms with Gasteiger partial charge in [-0.15, -0.1) is 0 Å². The van der Waals surface area contributed by atoms with Gasteiger partial charge in [-0.3, -0.25) is 14.4 Å². The number of ether oxygens (including phenoxy) is 1. The minimum atomic E-state index is -0.101. The molecule has 0 saturated heterocycles. The van der Waals surface area contributed by atoms with Gasteiger partial charge >= 0.3 is 0 Å². The molecule has 0 bridgehead atoms. The fourth-order valence-electron chi connectivity index (χ4n) is 3.87. The zero-order valence-corrected chi connectivity index (χ0v) is 17.0. The van der Waals surface area contributed by atoms with Crippen LogP contribution in [0.5, 0.6) is 5.75 Å². The highest BCUT2D eigenvalue weighted by atomic mass is 16.6. The van der Waals surface area contributed by atoms with E-state index < -0.39 is 0 Å². The van der Waals surface area contributed by atoms with Crippen molar-refractivity contribution < 1.29 is 19.2 Å². The van der Waals surface area contributed by atoms with E-state index in [9.17, 15) is 9.59 Å². The molecule has 1 unspecified atom stereocenters. The van der Waals surface area contributed by atoms with Gasteiger partial charge in [-0.2, -0.15) is 0 Å². The molecule has 1 N–H and O–H groups in total. The van der Waals surface area contributed by atoms with Gasteiger partial charge in [-0.1, -0.05) is 55.3 Å². The van der Waals surface area contributed by atoms with Gasteiger partial charge in [0.15, 0.2) is 5.78 Å². The molecule has 0 heterocycles. The Labute approximate surface area is 172 Å². The van der Waals surface area contributed by atoms with Gasteiger partial charge in [-0.05, 0) is 37.3 Å². The van der Waals surface area contributed by atoms with Crippen molar-refractivity contribution in [2.24, 2.45) is 5.92 Å². The van der Waals surface area contributed by atoms with E-state index in [4.69, 9.17) is 9.57 Å². The summed E-state index contributed by atoms with van der Waals surface area (Å²) >= 11 is 0. The molecule has 154 valence electrons. The van der Waals surface area contributed by atoms with Gasteiger partial charge in [0.05, 0.1) is 13.7 Å². The van der Waals surface area contributed by atoms with Crippen LogP contribution in [-0.4, -0.2) is 18.8 Å². The Hall–Kier alpha value is -2.66. The third kappa shape index (κ3) is 5.91. The van der Waals surface area contributed by atoms with E-state index >= 15 is 0 Å². The van der Waals surface area contributed by atoms with E-state index in [0.29, 0.717) is 13.0 Å². The van der Waals surface area contributed by atoms with E-state index in [2.05, 4.69) is 5.48 Å². The first-order chi connectivity index (χ1) is 14.2. The average Bonchev–Trinajstić information content (AvgIpc) is 2.75. The van der Waals surface area contributed by atoms with Crippen molar-refractivity contribution >= 4 is 11.7 Å². The van der Waals surface area contributed by atoms with E-state index in [0.717, 1.165) is 61.0 Å². The SMILES string of the molecule is COc1cccc2c1CCC(CCCCCC(=O)NOCc1ccccc1)C2=O. The Bertz CT molecular complexity index is 819. The number of ketones is 1. The Morgan fingerprint density at radius 3 is 2.69 bits per heavy atom. The number of nitrogens with one attached hydrogen (secondary N) is 1. The highest BCUT2D eigenvalue weighted by Crippen LogP contribution is 2.34. The molecule has 1 aliphatic rings. The van der Waals surface area contributed by atoms with Crippen LogP contribution in [0.3, 0.4) is 0 Å². The lowest BCUT2D eigenvalue weighted by Crippen LogP contribution is -2.23. The van der Waals surface area contributed by atoms with E-state index in [1.807, 2.05) is 48.5 Å². The minimum Gasteiger partial charge on any atom is -0.496 e. The molecule has 0 aromatic heterocycles. The third-order valence-corrected chi connectivity index (χ3v) is 5.46. The van der Waals surface area contributed by atoms with Crippen LogP contribution >= 0.6 is 0 Å². The highest BCUT2D eigenvalue weighted by molar-refractivity contribution is 6.00. The van der Waals surface area contributed by atoms with Crippen LogP contribution < -0.4 is 10.2 Å². The molecular formula is C24H29NO4. The molecule has 1 amide bonds. The summed E-state index contributed by atoms with van der Waals surface area (Å²) < 4.78 is 5.38. The number of methoxy groups -OCH3 is 1. The molecule has 1 atom stereocenters. The molecule has 2 aromatic rings. The van der Waals surface area contributed by atoms with E-state index in [-0.39, 0.29) is 17.6 Å². The van der Waals surface area contributed by atoms with Crippen LogP contribution in [0.2, 0.25) is 0 Å². The summed E-state index contributed by atoms with van der Waals surface area (Å²) in [5.74, 6) is 1.03.